The molecule has 4 N–H and O–H groups in total. The normalized spacial score (nSPS) is 10.8. The van der Waals surface area contributed by atoms with Crippen LogP contribution >= 0.6 is 24.0 Å². The molecule has 2 aromatic rings. The summed E-state index contributed by atoms with van der Waals surface area (Å²) in [6.07, 6.45) is 0.135. The molecule has 0 heterocycles. The molecule has 26 heavy (non-hydrogen) atoms. The van der Waals surface area contributed by atoms with Crippen molar-refractivity contribution < 1.29 is 9.53 Å². The fraction of sp³-hybridized carbons (Fsp3) is 0.263. The van der Waals surface area contributed by atoms with E-state index in [-0.39, 0.29) is 36.0 Å². The van der Waals surface area contributed by atoms with E-state index in [0.717, 1.165) is 17.0 Å². The Morgan fingerprint density at radius 1 is 1.19 bits per heavy atom. The molecule has 0 aromatic heterocycles. The Hall–Kier alpha value is -2.29. The molecule has 140 valence electrons. The third-order valence-corrected chi connectivity index (χ3v) is 3.35. The third-order valence-electron chi connectivity index (χ3n) is 3.35. The summed E-state index contributed by atoms with van der Waals surface area (Å²) in [7, 11) is 1.60. The minimum Gasteiger partial charge on any atom is -0.491 e. The second-order valence-corrected chi connectivity index (χ2v) is 5.80. The maximum atomic E-state index is 11.6. The van der Waals surface area contributed by atoms with Crippen LogP contribution in [0.25, 0.3) is 0 Å². The average molecular weight is 468 g/mol. The quantitative estimate of drug-likeness (QED) is 0.345. The first-order chi connectivity index (χ1) is 12.0. The Morgan fingerprint density at radius 3 is 2.50 bits per heavy atom. The monoisotopic (exact) mass is 468 g/mol. The number of hydrogen-bond donors (Lipinski definition) is 3. The van der Waals surface area contributed by atoms with Crippen molar-refractivity contribution in [3.63, 3.8) is 0 Å². The van der Waals surface area contributed by atoms with Crippen LogP contribution in [0.1, 0.15) is 29.8 Å². The van der Waals surface area contributed by atoms with Gasteiger partial charge in [-0.3, -0.25) is 4.79 Å². The zero-order valence-corrected chi connectivity index (χ0v) is 17.5. The van der Waals surface area contributed by atoms with Gasteiger partial charge in [-0.2, -0.15) is 0 Å². The third kappa shape index (κ3) is 6.91. The summed E-state index contributed by atoms with van der Waals surface area (Å²) in [5.74, 6) is 0.991. The van der Waals surface area contributed by atoms with E-state index in [4.69, 9.17) is 10.5 Å². The number of halogens is 1. The molecular weight excluding hydrogens is 443 g/mol. The molecule has 0 atom stereocenters. The van der Waals surface area contributed by atoms with E-state index in [9.17, 15) is 4.79 Å². The molecule has 2 aromatic carbocycles. The van der Waals surface area contributed by atoms with Gasteiger partial charge in [-0.15, -0.1) is 24.0 Å². The number of aliphatic imine (C=N–C) groups is 1. The standard InChI is InChI=1S/C19H24N4O2.HI/c1-13(2)25-17-9-7-16(8-10-17)23-19(20)22-12-14-5-4-6-15(11-14)18(24)21-3;/h4-11,13H,12H2,1-3H3,(H,21,24)(H3,20,22,23);1H. The number of amides is 1. The van der Waals surface area contributed by atoms with Gasteiger partial charge in [0.1, 0.15) is 5.75 Å². The fourth-order valence-corrected chi connectivity index (χ4v) is 2.21. The first-order valence-electron chi connectivity index (χ1n) is 8.12. The maximum absolute atomic E-state index is 11.6. The van der Waals surface area contributed by atoms with Gasteiger partial charge in [0.2, 0.25) is 0 Å². The number of carbonyl (C=O) groups is 1. The van der Waals surface area contributed by atoms with Gasteiger partial charge in [-0.05, 0) is 55.8 Å². The lowest BCUT2D eigenvalue weighted by Gasteiger charge is -2.11. The zero-order chi connectivity index (χ0) is 18.2. The summed E-state index contributed by atoms with van der Waals surface area (Å²) in [6.45, 7) is 4.35. The van der Waals surface area contributed by atoms with Crippen molar-refractivity contribution in [2.24, 2.45) is 10.7 Å². The number of benzene rings is 2. The van der Waals surface area contributed by atoms with Crippen LogP contribution in [-0.4, -0.2) is 25.0 Å². The van der Waals surface area contributed by atoms with Crippen molar-refractivity contribution in [3.05, 3.63) is 59.7 Å². The van der Waals surface area contributed by atoms with Crippen LogP contribution in [0.5, 0.6) is 5.75 Å². The topological polar surface area (TPSA) is 88.7 Å². The summed E-state index contributed by atoms with van der Waals surface area (Å²) in [5.41, 5.74) is 8.26. The number of guanidine groups is 1. The Balaban J connectivity index is 0.00000338. The Labute approximate surface area is 171 Å². The first kappa shape index (κ1) is 21.8. The van der Waals surface area contributed by atoms with E-state index in [2.05, 4.69) is 15.6 Å². The lowest BCUT2D eigenvalue weighted by atomic mass is 10.1. The number of anilines is 1. The van der Waals surface area contributed by atoms with E-state index in [1.165, 1.54) is 0 Å². The average Bonchev–Trinajstić information content (AvgIpc) is 2.61. The van der Waals surface area contributed by atoms with Gasteiger partial charge >= 0.3 is 0 Å². The summed E-state index contributed by atoms with van der Waals surface area (Å²) in [5, 5.41) is 5.63. The Kier molecular flexibility index (Phi) is 8.91. The minimum absolute atomic E-state index is 0. The van der Waals surface area contributed by atoms with Gasteiger partial charge in [-0.25, -0.2) is 4.99 Å². The van der Waals surface area contributed by atoms with Gasteiger partial charge in [-0.1, -0.05) is 12.1 Å². The van der Waals surface area contributed by atoms with Crippen LogP contribution in [0.3, 0.4) is 0 Å². The van der Waals surface area contributed by atoms with Gasteiger partial charge in [0.15, 0.2) is 5.96 Å². The highest BCUT2D eigenvalue weighted by Crippen LogP contribution is 2.16. The number of rotatable bonds is 6. The molecule has 0 saturated heterocycles. The summed E-state index contributed by atoms with van der Waals surface area (Å²) >= 11 is 0. The number of carbonyl (C=O) groups excluding carboxylic acids is 1. The molecule has 0 fully saturated rings. The Bertz CT molecular complexity index is 745. The van der Waals surface area contributed by atoms with E-state index in [0.29, 0.717) is 18.1 Å². The predicted molar refractivity (Wildman–Crippen MR) is 116 cm³/mol. The molecule has 0 aliphatic rings. The van der Waals surface area contributed by atoms with Gasteiger partial charge in [0.05, 0.1) is 12.6 Å². The SMILES string of the molecule is CNC(=O)c1cccc(CN=C(N)Nc2ccc(OC(C)C)cc2)c1.I. The second-order valence-electron chi connectivity index (χ2n) is 5.80. The molecule has 0 unspecified atom stereocenters. The molecule has 0 aliphatic carbocycles. The zero-order valence-electron chi connectivity index (χ0n) is 15.2. The van der Waals surface area contributed by atoms with Crippen LogP contribution in [-0.2, 0) is 6.54 Å². The number of nitrogens with one attached hydrogen (secondary N) is 2. The molecule has 1 amide bonds. The van der Waals surface area contributed by atoms with Gasteiger partial charge in [0.25, 0.3) is 5.91 Å². The number of ether oxygens (including phenoxy) is 1. The highest BCUT2D eigenvalue weighted by atomic mass is 127. The van der Waals surface area contributed by atoms with Crippen LogP contribution < -0.4 is 21.1 Å². The van der Waals surface area contributed by atoms with Crippen molar-refractivity contribution in [1.29, 1.82) is 0 Å². The van der Waals surface area contributed by atoms with Crippen molar-refractivity contribution in [1.82, 2.24) is 5.32 Å². The minimum atomic E-state index is -0.124. The molecule has 2 rings (SSSR count). The van der Waals surface area contributed by atoms with Crippen LogP contribution in [0.15, 0.2) is 53.5 Å². The van der Waals surface area contributed by atoms with E-state index in [1.807, 2.05) is 50.2 Å². The predicted octanol–water partition coefficient (Wildman–Crippen LogP) is 3.38. The fourth-order valence-electron chi connectivity index (χ4n) is 2.21. The maximum Gasteiger partial charge on any atom is 0.251 e. The molecule has 0 saturated carbocycles. The number of hydrogen-bond acceptors (Lipinski definition) is 3. The second kappa shape index (κ2) is 10.6. The summed E-state index contributed by atoms with van der Waals surface area (Å²) in [4.78, 5) is 16.0. The molecule has 6 nitrogen and oxygen atoms in total. The molecule has 0 aliphatic heterocycles. The molecule has 0 radical (unpaired) electrons. The highest BCUT2D eigenvalue weighted by molar-refractivity contribution is 14.0. The molecule has 0 spiro atoms. The van der Waals surface area contributed by atoms with Crippen molar-refractivity contribution >= 4 is 41.5 Å². The lowest BCUT2D eigenvalue weighted by Crippen LogP contribution is -2.22. The van der Waals surface area contributed by atoms with Gasteiger partial charge in [0, 0.05) is 18.3 Å². The molecule has 0 bridgehead atoms. The van der Waals surface area contributed by atoms with Crippen LogP contribution in [0.4, 0.5) is 5.69 Å². The van der Waals surface area contributed by atoms with E-state index in [1.54, 1.807) is 19.2 Å². The Morgan fingerprint density at radius 2 is 1.88 bits per heavy atom. The molecular formula is C19H25IN4O2. The van der Waals surface area contributed by atoms with Crippen LogP contribution in [0.2, 0.25) is 0 Å². The van der Waals surface area contributed by atoms with Crippen molar-refractivity contribution in [2.75, 3.05) is 12.4 Å². The first-order valence-corrected chi connectivity index (χ1v) is 8.12. The lowest BCUT2D eigenvalue weighted by molar-refractivity contribution is 0.0963. The van der Waals surface area contributed by atoms with E-state index < -0.39 is 0 Å². The highest BCUT2D eigenvalue weighted by Gasteiger charge is 2.04. The number of nitrogens with zero attached hydrogens (tertiary/aromatic N) is 1. The van der Waals surface area contributed by atoms with Crippen molar-refractivity contribution in [2.45, 2.75) is 26.5 Å². The number of nitrogens with two attached hydrogens (primary N) is 1. The summed E-state index contributed by atoms with van der Waals surface area (Å²) in [6, 6.07) is 14.8. The van der Waals surface area contributed by atoms with Gasteiger partial charge < -0.3 is 21.1 Å². The largest absolute Gasteiger partial charge is 0.491 e. The smallest absolute Gasteiger partial charge is 0.251 e. The summed E-state index contributed by atoms with van der Waals surface area (Å²) < 4.78 is 5.60. The van der Waals surface area contributed by atoms with Crippen molar-refractivity contribution in [3.8, 4) is 5.75 Å². The van der Waals surface area contributed by atoms with E-state index >= 15 is 0 Å². The van der Waals surface area contributed by atoms with Crippen LogP contribution in [0, 0.1) is 0 Å². The molecule has 7 heteroatoms.